The molecule has 1 unspecified atom stereocenters. The molecule has 0 bridgehead atoms. The Kier molecular flexibility index (Phi) is 3.67. The molecule has 0 aliphatic carbocycles. The van der Waals surface area contributed by atoms with Crippen molar-refractivity contribution in [3.8, 4) is 11.3 Å². The van der Waals surface area contributed by atoms with E-state index in [0.29, 0.717) is 22.9 Å². The number of hydrogen-bond acceptors (Lipinski definition) is 4. The molecule has 1 aliphatic rings. The van der Waals surface area contributed by atoms with Gasteiger partial charge in [-0.25, -0.2) is 9.37 Å². The Morgan fingerprint density at radius 3 is 3.04 bits per heavy atom. The lowest BCUT2D eigenvalue weighted by atomic mass is 10.1. The third-order valence-electron chi connectivity index (χ3n) is 4.20. The van der Waals surface area contributed by atoms with Crippen LogP contribution in [0.15, 0.2) is 42.6 Å². The quantitative estimate of drug-likeness (QED) is 0.778. The summed E-state index contributed by atoms with van der Waals surface area (Å²) < 4.78 is 15.8. The first kappa shape index (κ1) is 14.1. The third kappa shape index (κ3) is 2.77. The first-order valence-corrected chi connectivity index (χ1v) is 7.88. The van der Waals surface area contributed by atoms with E-state index in [1.807, 2.05) is 18.2 Å². The Balaban J connectivity index is 1.71. The number of halogens is 1. The van der Waals surface area contributed by atoms with Gasteiger partial charge in [0.05, 0.1) is 11.9 Å². The lowest BCUT2D eigenvalue weighted by Crippen LogP contribution is -2.29. The highest BCUT2D eigenvalue weighted by Crippen LogP contribution is 2.24. The molecule has 1 saturated heterocycles. The van der Waals surface area contributed by atoms with Gasteiger partial charge in [-0.2, -0.15) is 9.61 Å². The van der Waals surface area contributed by atoms with Crippen molar-refractivity contribution in [2.75, 3.05) is 18.4 Å². The van der Waals surface area contributed by atoms with Gasteiger partial charge >= 0.3 is 0 Å². The minimum atomic E-state index is -0.271. The fourth-order valence-electron chi connectivity index (χ4n) is 3.00. The molecule has 1 atom stereocenters. The monoisotopic (exact) mass is 311 g/mol. The van der Waals surface area contributed by atoms with Crippen LogP contribution in [0.1, 0.15) is 12.8 Å². The van der Waals surface area contributed by atoms with Gasteiger partial charge in [0.15, 0.2) is 5.65 Å². The first-order valence-electron chi connectivity index (χ1n) is 7.88. The van der Waals surface area contributed by atoms with E-state index in [2.05, 4.69) is 20.7 Å². The second-order valence-electron chi connectivity index (χ2n) is 5.78. The summed E-state index contributed by atoms with van der Waals surface area (Å²) in [6.07, 6.45) is 4.08. The molecule has 1 aliphatic heterocycles. The Labute approximate surface area is 133 Å². The fraction of sp³-hybridized carbons (Fsp3) is 0.294. The van der Waals surface area contributed by atoms with Crippen LogP contribution in [-0.2, 0) is 0 Å². The molecule has 1 aromatic carbocycles. The summed E-state index contributed by atoms with van der Waals surface area (Å²) in [5, 5.41) is 11.2. The molecule has 0 radical (unpaired) electrons. The van der Waals surface area contributed by atoms with Gasteiger partial charge in [0, 0.05) is 30.3 Å². The van der Waals surface area contributed by atoms with Crippen LogP contribution in [-0.4, -0.2) is 33.7 Å². The average Bonchev–Trinajstić information content (AvgIpc) is 3.24. The van der Waals surface area contributed by atoms with Crippen LogP contribution in [0.25, 0.3) is 16.9 Å². The van der Waals surface area contributed by atoms with Crippen LogP contribution < -0.4 is 10.6 Å². The predicted octanol–water partition coefficient (Wildman–Crippen LogP) is 2.70. The van der Waals surface area contributed by atoms with Crippen LogP contribution >= 0.6 is 0 Å². The summed E-state index contributed by atoms with van der Waals surface area (Å²) >= 11 is 0. The van der Waals surface area contributed by atoms with Gasteiger partial charge in [-0.05, 0) is 31.5 Å². The van der Waals surface area contributed by atoms with Crippen molar-refractivity contribution in [2.45, 2.75) is 18.9 Å². The molecule has 3 heterocycles. The molecule has 23 heavy (non-hydrogen) atoms. The van der Waals surface area contributed by atoms with E-state index in [0.717, 1.165) is 18.9 Å². The molecule has 5 nitrogen and oxygen atoms in total. The Morgan fingerprint density at radius 1 is 1.30 bits per heavy atom. The van der Waals surface area contributed by atoms with Crippen LogP contribution in [0.2, 0.25) is 0 Å². The fourth-order valence-corrected chi connectivity index (χ4v) is 3.00. The predicted molar refractivity (Wildman–Crippen MR) is 87.9 cm³/mol. The lowest BCUT2D eigenvalue weighted by molar-refractivity contribution is 0.629. The van der Waals surface area contributed by atoms with Crippen molar-refractivity contribution < 1.29 is 4.39 Å². The maximum Gasteiger partial charge on any atom is 0.157 e. The largest absolute Gasteiger partial charge is 0.368 e. The number of fused-ring (bicyclic) bond motifs is 1. The number of aromatic nitrogens is 3. The summed E-state index contributed by atoms with van der Waals surface area (Å²) in [4.78, 5) is 4.51. The summed E-state index contributed by atoms with van der Waals surface area (Å²) in [7, 11) is 0. The highest BCUT2D eigenvalue weighted by atomic mass is 19.1. The second kappa shape index (κ2) is 5.96. The van der Waals surface area contributed by atoms with E-state index in [-0.39, 0.29) is 5.82 Å². The minimum absolute atomic E-state index is 0.271. The summed E-state index contributed by atoms with van der Waals surface area (Å²) in [6, 6.07) is 10.8. The van der Waals surface area contributed by atoms with E-state index in [1.165, 1.54) is 18.9 Å². The van der Waals surface area contributed by atoms with E-state index < -0.39 is 0 Å². The molecule has 4 rings (SSSR count). The van der Waals surface area contributed by atoms with Crippen molar-refractivity contribution in [3.05, 3.63) is 48.4 Å². The van der Waals surface area contributed by atoms with Crippen LogP contribution in [0, 0.1) is 5.82 Å². The molecule has 3 aromatic rings. The number of benzene rings is 1. The van der Waals surface area contributed by atoms with Gasteiger partial charge in [0.1, 0.15) is 11.6 Å². The Bertz CT molecular complexity index is 823. The third-order valence-corrected chi connectivity index (χ3v) is 4.20. The standard InChI is InChI=1S/C17H18FN5/c18-14-6-2-1-5-13(14)15-10-17(20-11-12-4-3-8-19-12)23-16(22-15)7-9-21-23/h1-2,5-7,9-10,12,19-20H,3-4,8,11H2. The van der Waals surface area contributed by atoms with Gasteiger partial charge < -0.3 is 10.6 Å². The van der Waals surface area contributed by atoms with Crippen LogP contribution in [0.5, 0.6) is 0 Å². The van der Waals surface area contributed by atoms with Crippen molar-refractivity contribution in [3.63, 3.8) is 0 Å². The zero-order valence-corrected chi connectivity index (χ0v) is 12.7. The van der Waals surface area contributed by atoms with E-state index in [1.54, 1.807) is 22.8 Å². The van der Waals surface area contributed by atoms with E-state index in [9.17, 15) is 4.39 Å². The summed E-state index contributed by atoms with van der Waals surface area (Å²) in [5.74, 6) is 0.555. The highest BCUT2D eigenvalue weighted by molar-refractivity contribution is 5.66. The van der Waals surface area contributed by atoms with E-state index >= 15 is 0 Å². The molecule has 0 spiro atoms. The lowest BCUT2D eigenvalue weighted by Gasteiger charge is -2.14. The van der Waals surface area contributed by atoms with Gasteiger partial charge in [-0.1, -0.05) is 12.1 Å². The second-order valence-corrected chi connectivity index (χ2v) is 5.78. The van der Waals surface area contributed by atoms with Gasteiger partial charge in [-0.15, -0.1) is 0 Å². The molecule has 2 N–H and O–H groups in total. The Morgan fingerprint density at radius 2 is 2.22 bits per heavy atom. The van der Waals surface area contributed by atoms with Crippen LogP contribution in [0.3, 0.4) is 0 Å². The normalized spacial score (nSPS) is 17.7. The first-order chi connectivity index (χ1) is 11.3. The van der Waals surface area contributed by atoms with Gasteiger partial charge in [0.25, 0.3) is 0 Å². The summed E-state index contributed by atoms with van der Waals surface area (Å²) in [6.45, 7) is 1.88. The van der Waals surface area contributed by atoms with Crippen molar-refractivity contribution in [1.82, 2.24) is 19.9 Å². The number of nitrogens with one attached hydrogen (secondary N) is 2. The SMILES string of the molecule is Fc1ccccc1-c1cc(NCC2CCCN2)n2nccc2n1. The maximum absolute atomic E-state index is 14.1. The minimum Gasteiger partial charge on any atom is -0.368 e. The molecular formula is C17H18FN5. The van der Waals surface area contributed by atoms with Crippen molar-refractivity contribution in [2.24, 2.45) is 0 Å². The maximum atomic E-state index is 14.1. The smallest absolute Gasteiger partial charge is 0.157 e. The molecule has 1 fully saturated rings. The average molecular weight is 311 g/mol. The molecular weight excluding hydrogens is 293 g/mol. The molecule has 6 heteroatoms. The zero-order valence-electron chi connectivity index (χ0n) is 12.7. The Hall–Kier alpha value is -2.47. The highest BCUT2D eigenvalue weighted by Gasteiger charge is 2.15. The number of anilines is 1. The molecule has 0 saturated carbocycles. The topological polar surface area (TPSA) is 54.2 Å². The molecule has 2 aromatic heterocycles. The van der Waals surface area contributed by atoms with E-state index in [4.69, 9.17) is 0 Å². The summed E-state index contributed by atoms with van der Waals surface area (Å²) in [5.41, 5.74) is 1.81. The van der Waals surface area contributed by atoms with Crippen molar-refractivity contribution >= 4 is 11.5 Å². The number of rotatable bonds is 4. The number of hydrogen-bond donors (Lipinski definition) is 2. The van der Waals surface area contributed by atoms with Gasteiger partial charge in [-0.3, -0.25) is 0 Å². The number of nitrogens with zero attached hydrogens (tertiary/aromatic N) is 3. The van der Waals surface area contributed by atoms with Crippen molar-refractivity contribution in [1.29, 1.82) is 0 Å². The zero-order chi connectivity index (χ0) is 15.6. The molecule has 0 amide bonds. The van der Waals surface area contributed by atoms with Gasteiger partial charge in [0.2, 0.25) is 0 Å². The van der Waals surface area contributed by atoms with Crippen LogP contribution in [0.4, 0.5) is 10.2 Å². The molecule has 118 valence electrons.